The highest BCUT2D eigenvalue weighted by atomic mass is 14.6. The first-order chi connectivity index (χ1) is 4.18. The molecule has 2 atom stereocenters. The SMILES string of the molecule is C=CCC[C@@H](C)[C@H](C)N. The summed E-state index contributed by atoms with van der Waals surface area (Å²) in [6.45, 7) is 7.88. The van der Waals surface area contributed by atoms with Crippen molar-refractivity contribution < 1.29 is 0 Å². The van der Waals surface area contributed by atoms with E-state index in [2.05, 4.69) is 13.5 Å². The van der Waals surface area contributed by atoms with Gasteiger partial charge in [-0.15, -0.1) is 6.58 Å². The maximum absolute atomic E-state index is 5.64. The second kappa shape index (κ2) is 4.57. The number of hydrogen-bond acceptors (Lipinski definition) is 1. The second-order valence-corrected chi connectivity index (χ2v) is 2.70. The van der Waals surface area contributed by atoms with Crippen LogP contribution in [-0.2, 0) is 0 Å². The summed E-state index contributed by atoms with van der Waals surface area (Å²) in [5.41, 5.74) is 5.64. The molecule has 1 nitrogen and oxygen atoms in total. The quantitative estimate of drug-likeness (QED) is 0.574. The van der Waals surface area contributed by atoms with Crippen molar-refractivity contribution in [1.82, 2.24) is 0 Å². The van der Waals surface area contributed by atoms with Crippen LogP contribution in [0.25, 0.3) is 0 Å². The highest BCUT2D eigenvalue weighted by molar-refractivity contribution is 4.71. The van der Waals surface area contributed by atoms with Crippen molar-refractivity contribution in [2.24, 2.45) is 11.7 Å². The van der Waals surface area contributed by atoms with Crippen molar-refractivity contribution in [3.63, 3.8) is 0 Å². The first kappa shape index (κ1) is 8.70. The molecule has 0 saturated carbocycles. The number of rotatable bonds is 4. The van der Waals surface area contributed by atoms with E-state index in [1.165, 1.54) is 6.42 Å². The van der Waals surface area contributed by atoms with Gasteiger partial charge in [-0.1, -0.05) is 13.0 Å². The minimum atomic E-state index is 0.324. The monoisotopic (exact) mass is 127 g/mol. The Kier molecular flexibility index (Phi) is 4.41. The minimum Gasteiger partial charge on any atom is -0.328 e. The van der Waals surface area contributed by atoms with E-state index in [1.54, 1.807) is 0 Å². The molecule has 2 N–H and O–H groups in total. The highest BCUT2D eigenvalue weighted by Gasteiger charge is 2.04. The third-order valence-corrected chi connectivity index (χ3v) is 1.72. The minimum absolute atomic E-state index is 0.324. The lowest BCUT2D eigenvalue weighted by Gasteiger charge is -2.13. The molecule has 54 valence electrons. The van der Waals surface area contributed by atoms with Crippen LogP contribution in [0.4, 0.5) is 0 Å². The molecule has 0 aromatic carbocycles. The van der Waals surface area contributed by atoms with Crippen molar-refractivity contribution in [3.8, 4) is 0 Å². The van der Waals surface area contributed by atoms with Gasteiger partial charge in [0, 0.05) is 6.04 Å². The van der Waals surface area contributed by atoms with E-state index in [4.69, 9.17) is 5.73 Å². The summed E-state index contributed by atoms with van der Waals surface area (Å²) in [5.74, 6) is 0.628. The zero-order chi connectivity index (χ0) is 7.28. The Bertz CT molecular complexity index is 76.6. The Morgan fingerprint density at radius 2 is 2.11 bits per heavy atom. The molecule has 0 aromatic heterocycles. The van der Waals surface area contributed by atoms with Gasteiger partial charge in [0.05, 0.1) is 0 Å². The molecule has 0 saturated heterocycles. The molecule has 0 spiro atoms. The Hall–Kier alpha value is -0.300. The van der Waals surface area contributed by atoms with E-state index in [0.717, 1.165) is 6.42 Å². The van der Waals surface area contributed by atoms with Gasteiger partial charge in [0.15, 0.2) is 0 Å². The largest absolute Gasteiger partial charge is 0.328 e. The number of allylic oxidation sites excluding steroid dienone is 1. The highest BCUT2D eigenvalue weighted by Crippen LogP contribution is 2.08. The smallest absolute Gasteiger partial charge is 0.00362 e. The molecule has 0 fully saturated rings. The van der Waals surface area contributed by atoms with E-state index >= 15 is 0 Å². The lowest BCUT2D eigenvalue weighted by molar-refractivity contribution is 0.454. The van der Waals surface area contributed by atoms with Crippen molar-refractivity contribution in [3.05, 3.63) is 12.7 Å². The summed E-state index contributed by atoms with van der Waals surface area (Å²) < 4.78 is 0. The van der Waals surface area contributed by atoms with Crippen molar-refractivity contribution >= 4 is 0 Å². The molecular formula is C8H17N. The second-order valence-electron chi connectivity index (χ2n) is 2.70. The molecule has 0 rings (SSSR count). The molecule has 1 heteroatoms. The predicted molar refractivity (Wildman–Crippen MR) is 42.2 cm³/mol. The molecule has 0 aliphatic heterocycles. The molecule has 0 aliphatic rings. The van der Waals surface area contributed by atoms with Crippen molar-refractivity contribution in [2.45, 2.75) is 32.7 Å². The molecule has 0 heterocycles. The van der Waals surface area contributed by atoms with Crippen LogP contribution in [0.15, 0.2) is 12.7 Å². The Balaban J connectivity index is 3.26. The molecule has 0 unspecified atom stereocenters. The van der Waals surface area contributed by atoms with Gasteiger partial charge in [-0.05, 0) is 25.7 Å². The molecule has 0 radical (unpaired) electrons. The van der Waals surface area contributed by atoms with Crippen LogP contribution < -0.4 is 5.73 Å². The fraction of sp³-hybridized carbons (Fsp3) is 0.750. The fourth-order valence-corrected chi connectivity index (χ4v) is 0.644. The Morgan fingerprint density at radius 3 is 2.44 bits per heavy atom. The van der Waals surface area contributed by atoms with Crippen LogP contribution in [0, 0.1) is 5.92 Å². The van der Waals surface area contributed by atoms with Crippen molar-refractivity contribution in [2.75, 3.05) is 0 Å². The number of hydrogen-bond donors (Lipinski definition) is 1. The lowest BCUT2D eigenvalue weighted by Crippen LogP contribution is -2.23. The fourth-order valence-electron chi connectivity index (χ4n) is 0.644. The lowest BCUT2D eigenvalue weighted by atomic mass is 9.99. The maximum Gasteiger partial charge on any atom is 0.00362 e. The van der Waals surface area contributed by atoms with Crippen LogP contribution >= 0.6 is 0 Å². The normalized spacial score (nSPS) is 16.8. The molecule has 9 heavy (non-hydrogen) atoms. The van der Waals surface area contributed by atoms with Crippen molar-refractivity contribution in [1.29, 1.82) is 0 Å². The average molecular weight is 127 g/mol. The summed E-state index contributed by atoms with van der Waals surface area (Å²) in [6.07, 6.45) is 4.20. The van der Waals surface area contributed by atoms with E-state index in [-0.39, 0.29) is 0 Å². The zero-order valence-electron chi connectivity index (χ0n) is 6.43. The molecule has 0 aliphatic carbocycles. The van der Waals surface area contributed by atoms with Crippen LogP contribution in [0.2, 0.25) is 0 Å². The summed E-state index contributed by atoms with van der Waals surface area (Å²) in [7, 11) is 0. The van der Waals surface area contributed by atoms with Gasteiger partial charge in [0.2, 0.25) is 0 Å². The molecule has 0 aromatic rings. The third kappa shape index (κ3) is 4.22. The summed E-state index contributed by atoms with van der Waals surface area (Å²) in [4.78, 5) is 0. The molecule has 0 bridgehead atoms. The summed E-state index contributed by atoms with van der Waals surface area (Å²) in [5, 5.41) is 0. The van der Waals surface area contributed by atoms with Crippen LogP contribution in [0.3, 0.4) is 0 Å². The summed E-state index contributed by atoms with van der Waals surface area (Å²) in [6, 6.07) is 0.324. The molecular weight excluding hydrogens is 110 g/mol. The van der Waals surface area contributed by atoms with Gasteiger partial charge in [-0.2, -0.15) is 0 Å². The average Bonchev–Trinajstić information content (AvgIpc) is 1.82. The van der Waals surface area contributed by atoms with E-state index in [9.17, 15) is 0 Å². The van der Waals surface area contributed by atoms with Gasteiger partial charge >= 0.3 is 0 Å². The molecule has 0 amide bonds. The maximum atomic E-state index is 5.64. The number of nitrogens with two attached hydrogens (primary N) is 1. The third-order valence-electron chi connectivity index (χ3n) is 1.72. The van der Waals surface area contributed by atoms with Gasteiger partial charge < -0.3 is 5.73 Å². The van der Waals surface area contributed by atoms with Crippen LogP contribution in [-0.4, -0.2) is 6.04 Å². The first-order valence-corrected chi connectivity index (χ1v) is 3.55. The van der Waals surface area contributed by atoms with Gasteiger partial charge in [-0.3, -0.25) is 0 Å². The van der Waals surface area contributed by atoms with E-state index < -0.39 is 0 Å². The summed E-state index contributed by atoms with van der Waals surface area (Å²) >= 11 is 0. The van der Waals surface area contributed by atoms with Gasteiger partial charge in [0.1, 0.15) is 0 Å². The van der Waals surface area contributed by atoms with Gasteiger partial charge in [-0.25, -0.2) is 0 Å². The van der Waals surface area contributed by atoms with E-state index in [1.807, 2.05) is 13.0 Å². The Morgan fingerprint density at radius 1 is 1.56 bits per heavy atom. The van der Waals surface area contributed by atoms with Crippen LogP contribution in [0.1, 0.15) is 26.7 Å². The standard InChI is InChI=1S/C8H17N/c1-4-5-6-7(2)8(3)9/h4,7-8H,1,5-6,9H2,2-3H3/t7-,8+/m1/s1. The Labute approximate surface area is 57.9 Å². The van der Waals surface area contributed by atoms with E-state index in [0.29, 0.717) is 12.0 Å². The zero-order valence-corrected chi connectivity index (χ0v) is 6.43. The first-order valence-electron chi connectivity index (χ1n) is 3.55. The van der Waals surface area contributed by atoms with Gasteiger partial charge in [0.25, 0.3) is 0 Å². The topological polar surface area (TPSA) is 26.0 Å². The predicted octanol–water partition coefficient (Wildman–Crippen LogP) is 1.94. The van der Waals surface area contributed by atoms with Crippen LogP contribution in [0.5, 0.6) is 0 Å².